The fourth-order valence-electron chi connectivity index (χ4n) is 2.18. The van der Waals surface area contributed by atoms with E-state index in [1.54, 1.807) is 0 Å². The Morgan fingerprint density at radius 3 is 1.46 bits per heavy atom. The van der Waals surface area contributed by atoms with Gasteiger partial charge in [-0.1, -0.05) is 6.58 Å². The van der Waals surface area contributed by atoms with E-state index in [0.29, 0.717) is 0 Å². The van der Waals surface area contributed by atoms with Crippen LogP contribution in [0.15, 0.2) is 12.2 Å². The lowest BCUT2D eigenvalue weighted by molar-refractivity contribution is -0.229. The average Bonchev–Trinajstić information content (AvgIpc) is 2.39. The molecule has 2 unspecified atom stereocenters. The summed E-state index contributed by atoms with van der Waals surface area (Å²) in [7, 11) is -11.6. The van der Waals surface area contributed by atoms with Gasteiger partial charge in [-0.15, -0.1) is 0 Å². The summed E-state index contributed by atoms with van der Waals surface area (Å²) in [5.74, 6) is -0.940. The van der Waals surface area contributed by atoms with Crippen LogP contribution >= 0.6 is 0 Å². The molecule has 0 aliphatic carbocycles. The lowest BCUT2D eigenvalue weighted by atomic mass is 10.3. The van der Waals surface area contributed by atoms with Crippen molar-refractivity contribution in [2.24, 2.45) is 0 Å². The molecule has 0 rings (SSSR count). The first-order valence-electron chi connectivity index (χ1n) is 9.19. The predicted octanol–water partition coefficient (Wildman–Crippen LogP) is 2.18. The van der Waals surface area contributed by atoms with Gasteiger partial charge in [-0.05, 0) is 65.8 Å². The molecule has 166 valence electrons. The summed E-state index contributed by atoms with van der Waals surface area (Å²) >= 11 is 0. The van der Waals surface area contributed by atoms with Gasteiger partial charge in [0.15, 0.2) is 25.0 Å². The first-order valence-corrected chi connectivity index (χ1v) is 21.1. The van der Waals surface area contributed by atoms with Crippen molar-refractivity contribution >= 4 is 39.7 Å². The number of hydrogen-bond acceptors (Lipinski definition) is 8. The molecule has 0 saturated carbocycles. The van der Waals surface area contributed by atoms with Gasteiger partial charge in [0, 0.05) is 5.57 Å². The van der Waals surface area contributed by atoms with Crippen LogP contribution in [0.1, 0.15) is 6.92 Å². The third-order valence-electron chi connectivity index (χ3n) is 2.98. The van der Waals surface area contributed by atoms with Crippen molar-refractivity contribution in [2.75, 3.05) is 6.61 Å². The highest BCUT2D eigenvalue weighted by Gasteiger charge is 2.71. The van der Waals surface area contributed by atoms with E-state index in [1.807, 2.05) is 58.9 Å². The third kappa shape index (κ3) is 8.29. The van der Waals surface area contributed by atoms with Crippen LogP contribution in [0.25, 0.3) is 0 Å². The molecule has 28 heavy (non-hydrogen) atoms. The Hall–Kier alpha value is -0.162. The van der Waals surface area contributed by atoms with Crippen LogP contribution in [0, 0.1) is 0 Å². The van der Waals surface area contributed by atoms with Crippen molar-refractivity contribution in [3.63, 3.8) is 0 Å². The van der Waals surface area contributed by atoms with Gasteiger partial charge < -0.3 is 32.4 Å². The molecule has 0 fully saturated rings. The molecule has 0 heterocycles. The first-order chi connectivity index (χ1) is 12.2. The maximum atomic E-state index is 12.3. The second-order valence-electron chi connectivity index (χ2n) is 9.76. The van der Waals surface area contributed by atoms with Crippen LogP contribution in [-0.2, 0) is 21.9 Å². The van der Waals surface area contributed by atoms with Crippen LogP contribution in [0.3, 0.4) is 0 Å². The highest BCUT2D eigenvalue weighted by Crippen LogP contribution is 2.37. The minimum atomic E-state index is -4.30. The topological polar surface area (TPSA) is 115 Å². The number of aliphatic hydroxyl groups excluding tert-OH is 2. The maximum absolute atomic E-state index is 12.3. The molecular formula is C16H38O8Si4. The fourth-order valence-corrected chi connectivity index (χ4v) is 15.9. The molecule has 0 aromatic heterocycles. The van der Waals surface area contributed by atoms with Crippen molar-refractivity contribution in [1.29, 1.82) is 0 Å². The van der Waals surface area contributed by atoms with Crippen molar-refractivity contribution in [3.05, 3.63) is 12.2 Å². The number of hydrogen-bond donors (Lipinski definition) is 3. The summed E-state index contributed by atoms with van der Waals surface area (Å²) in [4.78, 5) is 12.3. The summed E-state index contributed by atoms with van der Waals surface area (Å²) in [6.07, 6.45) is -1.88. The Bertz CT molecular complexity index is 524. The Kier molecular flexibility index (Phi) is 9.27. The second kappa shape index (κ2) is 9.32. The maximum Gasteiger partial charge on any atom is 0.548 e. The summed E-state index contributed by atoms with van der Waals surface area (Å²) in [6, 6.07) is 0. The number of carbonyl (C=O) groups is 1. The van der Waals surface area contributed by atoms with Gasteiger partial charge in [0.25, 0.3) is 0 Å². The van der Waals surface area contributed by atoms with E-state index in [4.69, 9.17) is 17.1 Å². The molecule has 0 saturated heterocycles. The number of carbonyl (C=O) groups excluding carboxylic acids is 1. The molecule has 0 bridgehead atoms. The lowest BCUT2D eigenvalue weighted by Gasteiger charge is -2.50. The first kappa shape index (κ1) is 27.8. The van der Waals surface area contributed by atoms with Gasteiger partial charge in [0.1, 0.15) is 6.10 Å². The van der Waals surface area contributed by atoms with Crippen molar-refractivity contribution < 1.29 is 37.2 Å². The molecule has 0 aromatic rings. The van der Waals surface area contributed by atoms with Crippen molar-refractivity contribution in [1.82, 2.24) is 0 Å². The standard InChI is InChI=1S/C16H38O8Si4/c1-13(2)15(19)21-16(20,14(18)12-17)28(22-25(3,4)5,23-26(6,7)8)24-27(9,10)11/h14,17-18,20H,1,12H2,2-11H3. The van der Waals surface area contributed by atoms with Gasteiger partial charge in [-0.25, -0.2) is 4.79 Å². The second-order valence-corrected chi connectivity index (χ2v) is 26.7. The Balaban J connectivity index is 6.86. The average molecular weight is 471 g/mol. The minimum absolute atomic E-state index is 0.0143. The largest absolute Gasteiger partial charge is 0.548 e. The zero-order valence-electron chi connectivity index (χ0n) is 18.9. The number of ether oxygens (including phenoxy) is 1. The highest BCUT2D eigenvalue weighted by atomic mass is 28.5. The summed E-state index contributed by atoms with van der Waals surface area (Å²) in [6.45, 7) is 20.9. The molecule has 3 N–H and O–H groups in total. The fraction of sp³-hybridized carbons (Fsp3) is 0.812. The number of aliphatic hydroxyl groups is 3. The highest BCUT2D eigenvalue weighted by molar-refractivity contribution is 6.91. The van der Waals surface area contributed by atoms with Gasteiger partial charge in [0.2, 0.25) is 0 Å². The monoisotopic (exact) mass is 470 g/mol. The summed E-state index contributed by atoms with van der Waals surface area (Å²) < 4.78 is 24.3. The summed E-state index contributed by atoms with van der Waals surface area (Å²) in [5, 5.41) is 31.8. The zero-order valence-corrected chi connectivity index (χ0v) is 22.9. The van der Waals surface area contributed by atoms with Crippen LogP contribution in [0.5, 0.6) is 0 Å². The Labute approximate surface area is 173 Å². The smallest absolute Gasteiger partial charge is 0.421 e. The molecule has 2 atom stereocenters. The van der Waals surface area contributed by atoms with E-state index in [9.17, 15) is 20.1 Å². The van der Waals surface area contributed by atoms with Crippen LogP contribution in [0.2, 0.25) is 58.9 Å². The molecular weight excluding hydrogens is 433 g/mol. The van der Waals surface area contributed by atoms with E-state index >= 15 is 0 Å². The van der Waals surface area contributed by atoms with E-state index in [0.717, 1.165) is 0 Å². The predicted molar refractivity (Wildman–Crippen MR) is 118 cm³/mol. The molecule has 8 nitrogen and oxygen atoms in total. The van der Waals surface area contributed by atoms with Crippen molar-refractivity contribution in [3.8, 4) is 0 Å². The van der Waals surface area contributed by atoms with Gasteiger partial charge >= 0.3 is 20.2 Å². The van der Waals surface area contributed by atoms with Gasteiger partial charge in [-0.2, -0.15) is 0 Å². The molecule has 0 amide bonds. The van der Waals surface area contributed by atoms with E-state index < -0.39 is 57.8 Å². The Morgan fingerprint density at radius 2 is 1.25 bits per heavy atom. The third-order valence-corrected chi connectivity index (χ3v) is 14.9. The van der Waals surface area contributed by atoms with Crippen LogP contribution in [0.4, 0.5) is 0 Å². The molecule has 12 heteroatoms. The van der Waals surface area contributed by atoms with E-state index in [1.165, 1.54) is 6.92 Å². The molecule has 0 radical (unpaired) electrons. The quantitative estimate of drug-likeness (QED) is 0.182. The SMILES string of the molecule is C=C(C)C(=O)OC(O)(C(O)CO)[Si](O[Si](C)(C)C)(O[Si](C)(C)C)O[Si](C)(C)C. The number of rotatable bonds is 11. The molecule has 0 aliphatic heterocycles. The number of esters is 1. The minimum Gasteiger partial charge on any atom is -0.421 e. The lowest BCUT2D eigenvalue weighted by Crippen LogP contribution is -2.77. The van der Waals surface area contributed by atoms with Gasteiger partial charge in [0.05, 0.1) is 6.61 Å². The van der Waals surface area contributed by atoms with Crippen molar-refractivity contribution in [2.45, 2.75) is 77.4 Å². The molecule has 0 aromatic carbocycles. The molecule has 0 spiro atoms. The van der Waals surface area contributed by atoms with E-state index in [2.05, 4.69) is 6.58 Å². The van der Waals surface area contributed by atoms with Crippen LogP contribution < -0.4 is 0 Å². The van der Waals surface area contributed by atoms with Gasteiger partial charge in [-0.3, -0.25) is 0 Å². The van der Waals surface area contributed by atoms with Crippen LogP contribution in [-0.4, -0.2) is 73.2 Å². The molecule has 0 aliphatic rings. The Morgan fingerprint density at radius 1 is 0.929 bits per heavy atom. The van der Waals surface area contributed by atoms with E-state index in [-0.39, 0.29) is 5.57 Å². The zero-order chi connectivity index (χ0) is 22.8. The normalized spacial score (nSPS) is 17.0. The summed E-state index contributed by atoms with van der Waals surface area (Å²) in [5.41, 5.74) is -2.67.